The third kappa shape index (κ3) is 2.55. The van der Waals surface area contributed by atoms with E-state index in [1.54, 1.807) is 0 Å². The lowest BCUT2D eigenvalue weighted by Gasteiger charge is -2.44. The van der Waals surface area contributed by atoms with Gasteiger partial charge in [-0.05, 0) is 23.8 Å². The predicted molar refractivity (Wildman–Crippen MR) is 107 cm³/mol. The zero-order valence-electron chi connectivity index (χ0n) is 16.1. The number of halogens is 1. The number of fused-ring (bicyclic) bond motifs is 5. The lowest BCUT2D eigenvalue weighted by Crippen LogP contribution is -2.50. The third-order valence-electron chi connectivity index (χ3n) is 6.27. The van der Waals surface area contributed by atoms with E-state index in [0.717, 1.165) is 35.6 Å². The maximum Gasteiger partial charge on any atom is 0.343 e. The molecule has 29 heavy (non-hydrogen) atoms. The smallest absolute Gasteiger partial charge is 0.343 e. The molecule has 8 heteroatoms. The summed E-state index contributed by atoms with van der Waals surface area (Å²) >= 11 is 0. The molecule has 0 saturated carbocycles. The molecule has 0 aromatic heterocycles. The molecule has 2 atom stereocenters. The Morgan fingerprint density at radius 1 is 0.931 bits per heavy atom. The van der Waals surface area contributed by atoms with Crippen molar-refractivity contribution >= 4 is 23.0 Å². The minimum absolute atomic E-state index is 0. The van der Waals surface area contributed by atoms with Crippen LogP contribution in [0.25, 0.3) is 0 Å². The van der Waals surface area contributed by atoms with Crippen LogP contribution in [-0.4, -0.2) is 44.7 Å². The van der Waals surface area contributed by atoms with E-state index in [-0.39, 0.29) is 42.6 Å². The Morgan fingerprint density at radius 2 is 1.66 bits per heavy atom. The number of nitrogens with zero attached hydrogens (tertiary/aromatic N) is 1. The molecule has 0 saturated heterocycles. The van der Waals surface area contributed by atoms with E-state index in [1.165, 1.54) is 5.56 Å². The summed E-state index contributed by atoms with van der Waals surface area (Å²) in [4.78, 5) is 12.8. The second kappa shape index (κ2) is 6.27. The van der Waals surface area contributed by atoms with Crippen molar-refractivity contribution in [2.75, 3.05) is 34.2 Å². The average molecular weight is 463 g/mol. The molecule has 4 aliphatic heterocycles. The summed E-state index contributed by atoms with van der Waals surface area (Å²) in [5, 5.41) is 0. The molecule has 0 N–H and O–H groups in total. The van der Waals surface area contributed by atoms with E-state index in [4.69, 9.17) is 23.7 Å². The summed E-state index contributed by atoms with van der Waals surface area (Å²) in [6.45, 7) is 1.30. The highest BCUT2D eigenvalue weighted by Gasteiger charge is 2.50. The average Bonchev–Trinajstić information content (AvgIpc) is 3.37. The fraction of sp³-hybridized carbons (Fsp3) is 0.381. The Hall–Kier alpha value is -2.45. The molecule has 6 rings (SSSR count). The highest BCUT2D eigenvalue weighted by Crippen LogP contribution is 2.53. The van der Waals surface area contributed by atoms with Gasteiger partial charge in [0.25, 0.3) is 0 Å². The first-order valence-electron chi connectivity index (χ1n) is 9.41. The van der Waals surface area contributed by atoms with Crippen molar-refractivity contribution in [1.29, 1.82) is 0 Å². The number of quaternary nitrogens is 1. The number of hydrogen-bond acceptors (Lipinski definition) is 6. The summed E-state index contributed by atoms with van der Waals surface area (Å²) in [6, 6.07) is 7.87. The molecule has 0 amide bonds. The molecule has 0 bridgehead atoms. The molecule has 0 radical (unpaired) electrons. The molecule has 7 nitrogen and oxygen atoms in total. The monoisotopic (exact) mass is 462 g/mol. The van der Waals surface area contributed by atoms with Gasteiger partial charge < -0.3 is 28.2 Å². The SMILES string of the molecule is Br.C[N+]1(C)CCc2cc3c(cc2[C@H]1[C@@H]1OC(=O)c2c1ccc1c2OCO1)OCO3. The second-order valence-electron chi connectivity index (χ2n) is 8.19. The van der Waals surface area contributed by atoms with Crippen LogP contribution >= 0.6 is 17.0 Å². The minimum atomic E-state index is -0.397. The van der Waals surface area contributed by atoms with Crippen molar-refractivity contribution in [2.45, 2.75) is 18.6 Å². The van der Waals surface area contributed by atoms with Crippen molar-refractivity contribution in [1.82, 2.24) is 0 Å². The maximum atomic E-state index is 12.8. The van der Waals surface area contributed by atoms with Crippen molar-refractivity contribution in [2.24, 2.45) is 0 Å². The van der Waals surface area contributed by atoms with Crippen LogP contribution in [0.4, 0.5) is 0 Å². The number of benzene rings is 2. The van der Waals surface area contributed by atoms with Gasteiger partial charge in [0, 0.05) is 17.5 Å². The Kier molecular flexibility index (Phi) is 4.02. The van der Waals surface area contributed by atoms with Crippen LogP contribution in [0, 0.1) is 0 Å². The van der Waals surface area contributed by atoms with E-state index in [0.29, 0.717) is 21.5 Å². The van der Waals surface area contributed by atoms with E-state index in [1.807, 2.05) is 12.1 Å². The quantitative estimate of drug-likeness (QED) is 0.478. The minimum Gasteiger partial charge on any atom is -0.454 e. The number of rotatable bonds is 1. The fourth-order valence-electron chi connectivity index (χ4n) is 4.85. The summed E-state index contributed by atoms with van der Waals surface area (Å²) in [5.74, 6) is 2.28. The van der Waals surface area contributed by atoms with E-state index < -0.39 is 6.10 Å². The van der Waals surface area contributed by atoms with Crippen molar-refractivity contribution in [3.05, 3.63) is 46.5 Å². The Balaban J connectivity index is 0.00000181. The Morgan fingerprint density at radius 3 is 2.48 bits per heavy atom. The topological polar surface area (TPSA) is 63.2 Å². The highest BCUT2D eigenvalue weighted by atomic mass is 79.9. The van der Waals surface area contributed by atoms with E-state index in [2.05, 4.69) is 26.2 Å². The van der Waals surface area contributed by atoms with Gasteiger partial charge in [-0.2, -0.15) is 0 Å². The van der Waals surface area contributed by atoms with Crippen LogP contribution in [0.5, 0.6) is 23.0 Å². The van der Waals surface area contributed by atoms with Gasteiger partial charge in [-0.25, -0.2) is 4.79 Å². The summed E-state index contributed by atoms with van der Waals surface area (Å²) in [5.41, 5.74) is 3.71. The molecule has 4 aliphatic rings. The number of carbonyl (C=O) groups is 1. The first-order valence-corrected chi connectivity index (χ1v) is 9.41. The molecular formula is C21H21BrNO6+. The van der Waals surface area contributed by atoms with Gasteiger partial charge in [-0.1, -0.05) is 6.07 Å². The highest BCUT2D eigenvalue weighted by molar-refractivity contribution is 8.93. The van der Waals surface area contributed by atoms with Crippen LogP contribution in [-0.2, 0) is 11.2 Å². The van der Waals surface area contributed by atoms with Gasteiger partial charge in [-0.15, -0.1) is 17.0 Å². The largest absolute Gasteiger partial charge is 0.454 e. The molecular weight excluding hydrogens is 442 g/mol. The van der Waals surface area contributed by atoms with Gasteiger partial charge in [0.2, 0.25) is 13.6 Å². The Labute approximate surface area is 178 Å². The summed E-state index contributed by atoms with van der Waals surface area (Å²) in [6.07, 6.45) is 0.538. The van der Waals surface area contributed by atoms with Gasteiger partial charge in [0.15, 0.2) is 35.1 Å². The Bertz CT molecular complexity index is 1040. The summed E-state index contributed by atoms with van der Waals surface area (Å²) < 4.78 is 28.8. The van der Waals surface area contributed by atoms with Crippen LogP contribution in [0.15, 0.2) is 24.3 Å². The van der Waals surface area contributed by atoms with E-state index >= 15 is 0 Å². The molecule has 152 valence electrons. The van der Waals surface area contributed by atoms with Crippen LogP contribution < -0.4 is 18.9 Å². The number of esters is 1. The maximum absolute atomic E-state index is 12.8. The third-order valence-corrected chi connectivity index (χ3v) is 6.27. The van der Waals surface area contributed by atoms with Crippen LogP contribution in [0.2, 0.25) is 0 Å². The number of carbonyl (C=O) groups excluding carboxylic acids is 1. The standard InChI is InChI=1S/C21H20NO6.BrH/c1-22(2)6-5-11-7-15-16(26-9-25-15)8-13(11)18(22)19-12-3-4-14-20(27-10-24-14)17(12)21(23)28-19;/h3-4,7-8,18-19H,5-6,9-10H2,1-2H3;1H/q+1;/t18-,19+;/m0./s1. The van der Waals surface area contributed by atoms with Crippen LogP contribution in [0.3, 0.4) is 0 Å². The molecule has 0 fully saturated rings. The number of cyclic esters (lactones) is 1. The van der Waals surface area contributed by atoms with Gasteiger partial charge in [0.1, 0.15) is 5.56 Å². The number of hydrogen-bond donors (Lipinski definition) is 0. The summed E-state index contributed by atoms with van der Waals surface area (Å²) in [7, 11) is 4.36. The zero-order valence-corrected chi connectivity index (χ0v) is 17.8. The first kappa shape index (κ1) is 18.6. The van der Waals surface area contributed by atoms with Crippen molar-refractivity contribution < 1.29 is 33.0 Å². The van der Waals surface area contributed by atoms with Crippen molar-refractivity contribution in [3.8, 4) is 23.0 Å². The predicted octanol–water partition coefficient (Wildman–Crippen LogP) is 3.31. The van der Waals surface area contributed by atoms with Gasteiger partial charge in [0.05, 0.1) is 20.6 Å². The number of likely N-dealkylation sites (N-methyl/N-ethyl adjacent to an activating group) is 1. The molecule has 0 aliphatic carbocycles. The van der Waals surface area contributed by atoms with Gasteiger partial charge in [-0.3, -0.25) is 0 Å². The first-order chi connectivity index (χ1) is 13.5. The molecule has 4 heterocycles. The zero-order chi connectivity index (χ0) is 19.0. The van der Waals surface area contributed by atoms with Gasteiger partial charge >= 0.3 is 5.97 Å². The normalized spacial score (nSPS) is 24.4. The molecule has 2 aromatic carbocycles. The lowest BCUT2D eigenvalue weighted by atomic mass is 9.84. The van der Waals surface area contributed by atoms with Crippen LogP contribution in [0.1, 0.15) is 39.2 Å². The second-order valence-corrected chi connectivity index (χ2v) is 8.19. The molecule has 0 spiro atoms. The number of ether oxygens (including phenoxy) is 5. The van der Waals surface area contributed by atoms with Crippen molar-refractivity contribution in [3.63, 3.8) is 0 Å². The molecule has 0 unspecified atom stereocenters. The molecule has 2 aromatic rings. The fourth-order valence-corrected chi connectivity index (χ4v) is 4.85. The lowest BCUT2D eigenvalue weighted by molar-refractivity contribution is -0.927. The van der Waals surface area contributed by atoms with E-state index in [9.17, 15) is 4.79 Å².